The highest BCUT2D eigenvalue weighted by Crippen LogP contribution is 2.23. The lowest BCUT2D eigenvalue weighted by molar-refractivity contribution is -0.117. The Hall–Kier alpha value is -2.79. The zero-order chi connectivity index (χ0) is 17.8. The quantitative estimate of drug-likeness (QED) is 0.722. The van der Waals surface area contributed by atoms with Crippen LogP contribution in [0.25, 0.3) is 0 Å². The molecule has 1 amide bonds. The molecular formula is C19H19ClN4O. The number of anilines is 2. The van der Waals surface area contributed by atoms with Crippen LogP contribution < -0.4 is 10.6 Å². The molecule has 0 fully saturated rings. The zero-order valence-electron chi connectivity index (χ0n) is 14.0. The third-order valence-corrected chi connectivity index (χ3v) is 4.25. The minimum absolute atomic E-state index is 0.184. The van der Waals surface area contributed by atoms with E-state index in [9.17, 15) is 4.79 Å². The van der Waals surface area contributed by atoms with Gasteiger partial charge in [0.05, 0.1) is 0 Å². The fourth-order valence-corrected chi connectivity index (χ4v) is 2.65. The molecule has 6 heteroatoms. The summed E-state index contributed by atoms with van der Waals surface area (Å²) in [6.07, 6.45) is 1.82. The number of nitrogens with one attached hydrogen (secondary N) is 2. The Kier molecular flexibility index (Phi) is 5.05. The zero-order valence-corrected chi connectivity index (χ0v) is 14.8. The van der Waals surface area contributed by atoms with Crippen LogP contribution in [0.4, 0.5) is 11.5 Å². The van der Waals surface area contributed by atoms with Crippen molar-refractivity contribution >= 4 is 29.0 Å². The van der Waals surface area contributed by atoms with Crippen LogP contribution in [0.2, 0.25) is 5.02 Å². The summed E-state index contributed by atoms with van der Waals surface area (Å²) in [6, 6.07) is 16.2. The average molecular weight is 355 g/mol. The van der Waals surface area contributed by atoms with Crippen LogP contribution in [-0.4, -0.2) is 15.7 Å². The van der Waals surface area contributed by atoms with Crippen LogP contribution in [0.5, 0.6) is 0 Å². The lowest BCUT2D eigenvalue weighted by Gasteiger charge is -2.19. The average Bonchev–Trinajstić information content (AvgIpc) is 3.02. The van der Waals surface area contributed by atoms with Gasteiger partial charge in [0.1, 0.15) is 11.9 Å². The lowest BCUT2D eigenvalue weighted by Crippen LogP contribution is -2.27. The van der Waals surface area contributed by atoms with Crippen LogP contribution >= 0.6 is 11.6 Å². The molecule has 5 nitrogen and oxygen atoms in total. The van der Waals surface area contributed by atoms with Crippen LogP contribution in [0, 0.1) is 6.92 Å². The molecule has 0 aliphatic rings. The van der Waals surface area contributed by atoms with Crippen LogP contribution in [0.3, 0.4) is 0 Å². The van der Waals surface area contributed by atoms with Crippen molar-refractivity contribution in [1.29, 1.82) is 0 Å². The van der Waals surface area contributed by atoms with E-state index >= 15 is 0 Å². The van der Waals surface area contributed by atoms with Gasteiger partial charge in [-0.25, -0.2) is 0 Å². The van der Waals surface area contributed by atoms with Crippen molar-refractivity contribution in [1.82, 2.24) is 9.78 Å². The van der Waals surface area contributed by atoms with Gasteiger partial charge in [-0.1, -0.05) is 48.0 Å². The van der Waals surface area contributed by atoms with E-state index in [0.717, 1.165) is 11.1 Å². The van der Waals surface area contributed by atoms with E-state index in [-0.39, 0.29) is 5.91 Å². The topological polar surface area (TPSA) is 59.0 Å². The number of rotatable bonds is 5. The number of carbonyl (C=O) groups is 1. The number of benzene rings is 2. The summed E-state index contributed by atoms with van der Waals surface area (Å²) in [5.41, 5.74) is 2.47. The molecule has 0 radical (unpaired) electrons. The highest BCUT2D eigenvalue weighted by molar-refractivity contribution is 6.31. The third-order valence-electron chi connectivity index (χ3n) is 3.84. The summed E-state index contributed by atoms with van der Waals surface area (Å²) < 4.78 is 1.68. The number of aryl methyl sites for hydroxylation is 2. The largest absolute Gasteiger partial charge is 0.353 e. The number of hydrogen-bond donors (Lipinski definition) is 2. The second-order valence-corrected chi connectivity index (χ2v) is 6.22. The molecule has 2 aromatic carbocycles. The molecule has 2 N–H and O–H groups in total. The van der Waals surface area contributed by atoms with Gasteiger partial charge in [0, 0.05) is 30.0 Å². The molecule has 0 aliphatic carbocycles. The second-order valence-electron chi connectivity index (χ2n) is 5.82. The van der Waals surface area contributed by atoms with Gasteiger partial charge in [-0.2, -0.15) is 5.10 Å². The van der Waals surface area contributed by atoms with Gasteiger partial charge in [-0.05, 0) is 30.2 Å². The molecular weight excluding hydrogens is 336 g/mol. The molecule has 0 aliphatic heterocycles. The Bertz CT molecular complexity index is 876. The van der Waals surface area contributed by atoms with Gasteiger partial charge < -0.3 is 10.6 Å². The van der Waals surface area contributed by atoms with Gasteiger partial charge in [0.15, 0.2) is 0 Å². The fourth-order valence-electron chi connectivity index (χ4n) is 2.47. The number of carbonyl (C=O) groups excluding carboxylic acids is 1. The molecule has 1 atom stereocenters. The van der Waals surface area contributed by atoms with E-state index in [1.54, 1.807) is 10.7 Å². The monoisotopic (exact) mass is 354 g/mol. The molecule has 1 heterocycles. The van der Waals surface area contributed by atoms with Crippen molar-refractivity contribution in [2.24, 2.45) is 7.05 Å². The first-order valence-electron chi connectivity index (χ1n) is 7.91. The Morgan fingerprint density at radius 3 is 2.56 bits per heavy atom. The standard InChI is InChI=1S/C19H19ClN4O/c1-13-8-9-15(12-16(13)20)21-19(25)18(14-6-4-3-5-7-14)22-17-10-11-24(2)23-17/h3-12,18H,1-2H3,(H,21,25)(H,22,23)/t18-/m1/s1. The van der Waals surface area contributed by atoms with Crippen molar-refractivity contribution in [2.45, 2.75) is 13.0 Å². The maximum absolute atomic E-state index is 12.9. The summed E-state index contributed by atoms with van der Waals surface area (Å²) in [7, 11) is 1.83. The SMILES string of the molecule is Cc1ccc(NC(=O)[C@H](Nc2ccn(C)n2)c2ccccc2)cc1Cl. The van der Waals surface area contributed by atoms with Crippen molar-refractivity contribution in [2.75, 3.05) is 10.6 Å². The Morgan fingerprint density at radius 2 is 1.92 bits per heavy atom. The van der Waals surface area contributed by atoms with Gasteiger partial charge in [0.2, 0.25) is 0 Å². The lowest BCUT2D eigenvalue weighted by atomic mass is 10.1. The summed E-state index contributed by atoms with van der Waals surface area (Å²) in [5, 5.41) is 11.0. The van der Waals surface area contributed by atoms with E-state index in [0.29, 0.717) is 16.5 Å². The minimum Gasteiger partial charge on any atom is -0.353 e. The van der Waals surface area contributed by atoms with Crippen molar-refractivity contribution in [3.05, 3.63) is 76.9 Å². The van der Waals surface area contributed by atoms with E-state index in [2.05, 4.69) is 15.7 Å². The highest BCUT2D eigenvalue weighted by Gasteiger charge is 2.21. The predicted octanol–water partition coefficient (Wildman–Crippen LogP) is 4.17. The molecule has 0 saturated carbocycles. The molecule has 3 aromatic rings. The Labute approximate surface area is 151 Å². The number of halogens is 1. The van der Waals surface area contributed by atoms with E-state index in [1.807, 2.05) is 68.7 Å². The molecule has 0 spiro atoms. The molecule has 0 bridgehead atoms. The van der Waals surface area contributed by atoms with Gasteiger partial charge in [-0.3, -0.25) is 9.48 Å². The molecule has 0 saturated heterocycles. The summed E-state index contributed by atoms with van der Waals surface area (Å²) in [6.45, 7) is 1.92. The normalized spacial score (nSPS) is 11.8. The number of hydrogen-bond acceptors (Lipinski definition) is 3. The van der Waals surface area contributed by atoms with E-state index in [4.69, 9.17) is 11.6 Å². The van der Waals surface area contributed by atoms with Crippen molar-refractivity contribution in [3.8, 4) is 0 Å². The van der Waals surface area contributed by atoms with Gasteiger partial charge in [0.25, 0.3) is 5.91 Å². The van der Waals surface area contributed by atoms with Crippen LogP contribution in [-0.2, 0) is 11.8 Å². The minimum atomic E-state index is -0.573. The third kappa shape index (κ3) is 4.19. The summed E-state index contributed by atoms with van der Waals surface area (Å²) in [5.74, 6) is 0.449. The van der Waals surface area contributed by atoms with Crippen LogP contribution in [0.15, 0.2) is 60.8 Å². The fraction of sp³-hybridized carbons (Fsp3) is 0.158. The molecule has 25 heavy (non-hydrogen) atoms. The molecule has 0 unspecified atom stereocenters. The Morgan fingerprint density at radius 1 is 1.16 bits per heavy atom. The first kappa shape index (κ1) is 17.0. The van der Waals surface area contributed by atoms with Crippen molar-refractivity contribution < 1.29 is 4.79 Å². The van der Waals surface area contributed by atoms with E-state index < -0.39 is 6.04 Å². The van der Waals surface area contributed by atoms with Crippen LogP contribution in [0.1, 0.15) is 17.2 Å². The number of aromatic nitrogens is 2. The van der Waals surface area contributed by atoms with Gasteiger partial charge in [-0.15, -0.1) is 0 Å². The first-order chi connectivity index (χ1) is 12.0. The summed E-state index contributed by atoms with van der Waals surface area (Å²) >= 11 is 6.15. The molecule has 3 rings (SSSR count). The van der Waals surface area contributed by atoms with Crippen molar-refractivity contribution in [3.63, 3.8) is 0 Å². The second kappa shape index (κ2) is 7.40. The number of amides is 1. The maximum atomic E-state index is 12.9. The Balaban J connectivity index is 1.85. The predicted molar refractivity (Wildman–Crippen MR) is 101 cm³/mol. The van der Waals surface area contributed by atoms with Gasteiger partial charge >= 0.3 is 0 Å². The molecule has 1 aromatic heterocycles. The highest BCUT2D eigenvalue weighted by atomic mass is 35.5. The first-order valence-corrected chi connectivity index (χ1v) is 8.29. The van der Waals surface area contributed by atoms with E-state index in [1.165, 1.54) is 0 Å². The summed E-state index contributed by atoms with van der Waals surface area (Å²) in [4.78, 5) is 12.9. The maximum Gasteiger partial charge on any atom is 0.251 e. The number of nitrogens with zero attached hydrogens (tertiary/aromatic N) is 2. The smallest absolute Gasteiger partial charge is 0.251 e. The molecule has 128 valence electrons.